The molecule has 0 spiro atoms. The molecule has 9 nitrogen and oxygen atoms in total. The molecule has 0 amide bonds. The fraction of sp³-hybridized carbons (Fsp3) is 0.333. The summed E-state index contributed by atoms with van der Waals surface area (Å²) < 4.78 is 25.0. The summed E-state index contributed by atoms with van der Waals surface area (Å²) in [6.07, 6.45) is 2.19. The van der Waals surface area contributed by atoms with Gasteiger partial charge in [-0.1, -0.05) is 0 Å². The Hall–Kier alpha value is -3.29. The predicted octanol–water partition coefficient (Wildman–Crippen LogP) is 1.65. The summed E-state index contributed by atoms with van der Waals surface area (Å²) in [4.78, 5) is 4.91. The molecule has 0 N–H and O–H groups in total. The molecule has 10 heteroatoms. The Bertz CT molecular complexity index is 1180. The molecule has 4 rings (SSSR count). The number of hydrogen-bond donors (Lipinski definition) is 0. The van der Waals surface area contributed by atoms with Crippen molar-refractivity contribution in [3.63, 3.8) is 0 Å². The lowest BCUT2D eigenvalue weighted by Crippen LogP contribution is -2.31. The number of benzene rings is 2. The summed E-state index contributed by atoms with van der Waals surface area (Å²) in [6.45, 7) is 4.20. The third-order valence-corrected chi connectivity index (χ3v) is 6.49. The quantitative estimate of drug-likeness (QED) is 0.593. The molecule has 160 valence electrons. The van der Waals surface area contributed by atoms with Crippen molar-refractivity contribution in [1.82, 2.24) is 25.1 Å². The van der Waals surface area contributed by atoms with Crippen LogP contribution in [0.3, 0.4) is 0 Å². The van der Waals surface area contributed by atoms with E-state index in [9.17, 15) is 8.42 Å². The first kappa shape index (κ1) is 21.0. The van der Waals surface area contributed by atoms with Crippen molar-refractivity contribution in [2.75, 3.05) is 37.3 Å². The second kappa shape index (κ2) is 8.83. The smallest absolute Gasteiger partial charge is 0.175 e. The van der Waals surface area contributed by atoms with Gasteiger partial charge in [0.05, 0.1) is 28.8 Å². The van der Waals surface area contributed by atoms with E-state index in [4.69, 9.17) is 5.26 Å². The van der Waals surface area contributed by atoms with E-state index < -0.39 is 9.84 Å². The van der Waals surface area contributed by atoms with Crippen molar-refractivity contribution in [3.05, 3.63) is 59.9 Å². The van der Waals surface area contributed by atoms with Crippen LogP contribution >= 0.6 is 0 Å². The molecule has 31 heavy (non-hydrogen) atoms. The highest BCUT2D eigenvalue weighted by Gasteiger charge is 2.19. The molecule has 0 unspecified atom stereocenters. The number of nitriles is 1. The first-order chi connectivity index (χ1) is 14.9. The van der Waals surface area contributed by atoms with Crippen molar-refractivity contribution < 1.29 is 8.42 Å². The van der Waals surface area contributed by atoms with Gasteiger partial charge in [-0.25, -0.2) is 8.42 Å². The van der Waals surface area contributed by atoms with E-state index in [0.717, 1.165) is 44.0 Å². The molecule has 0 saturated carbocycles. The first-order valence-electron chi connectivity index (χ1n) is 9.99. The minimum atomic E-state index is -3.25. The Morgan fingerprint density at radius 2 is 1.68 bits per heavy atom. The predicted molar refractivity (Wildman–Crippen MR) is 116 cm³/mol. The molecule has 1 saturated heterocycles. The fourth-order valence-electron chi connectivity index (χ4n) is 3.67. The summed E-state index contributed by atoms with van der Waals surface area (Å²) in [7, 11) is -3.25. The van der Waals surface area contributed by atoms with E-state index >= 15 is 0 Å². The van der Waals surface area contributed by atoms with Crippen LogP contribution in [-0.2, 0) is 16.4 Å². The minimum Gasteiger partial charge on any atom is -0.370 e. The highest BCUT2D eigenvalue weighted by molar-refractivity contribution is 7.90. The summed E-state index contributed by atoms with van der Waals surface area (Å²) in [5.74, 6) is 0.707. The molecule has 1 fully saturated rings. The van der Waals surface area contributed by atoms with Crippen LogP contribution in [0.2, 0.25) is 0 Å². The molecule has 0 bridgehead atoms. The normalized spacial score (nSPS) is 15.4. The average molecular weight is 438 g/mol. The monoisotopic (exact) mass is 437 g/mol. The molecular weight excluding hydrogens is 414 g/mol. The maximum atomic E-state index is 11.7. The van der Waals surface area contributed by atoms with Gasteiger partial charge in [-0.2, -0.15) is 9.94 Å². The number of tetrazole rings is 1. The molecule has 0 aliphatic carbocycles. The molecule has 1 aliphatic heterocycles. The summed E-state index contributed by atoms with van der Waals surface area (Å²) >= 11 is 0. The zero-order chi connectivity index (χ0) is 21.8. The average Bonchev–Trinajstić information content (AvgIpc) is 3.10. The largest absolute Gasteiger partial charge is 0.370 e. The van der Waals surface area contributed by atoms with Crippen LogP contribution in [0.4, 0.5) is 5.69 Å². The van der Waals surface area contributed by atoms with E-state index in [0.29, 0.717) is 17.9 Å². The number of nitrogens with zero attached hydrogens (tertiary/aromatic N) is 7. The topological polar surface area (TPSA) is 108 Å². The van der Waals surface area contributed by atoms with E-state index in [1.807, 2.05) is 24.3 Å². The van der Waals surface area contributed by atoms with Crippen LogP contribution in [0.1, 0.15) is 17.8 Å². The van der Waals surface area contributed by atoms with E-state index in [2.05, 4.69) is 31.4 Å². The lowest BCUT2D eigenvalue weighted by Gasteiger charge is -2.23. The van der Waals surface area contributed by atoms with Crippen LogP contribution in [0, 0.1) is 11.3 Å². The maximum absolute atomic E-state index is 11.7. The number of anilines is 1. The van der Waals surface area contributed by atoms with Crippen molar-refractivity contribution >= 4 is 15.5 Å². The number of aromatic nitrogens is 4. The van der Waals surface area contributed by atoms with Gasteiger partial charge in [-0.15, -0.1) is 5.10 Å². The third-order valence-electron chi connectivity index (χ3n) is 5.36. The van der Waals surface area contributed by atoms with Gasteiger partial charge >= 0.3 is 0 Å². The van der Waals surface area contributed by atoms with Gasteiger partial charge in [-0.3, -0.25) is 4.90 Å². The lowest BCUT2D eigenvalue weighted by atomic mass is 10.2. The van der Waals surface area contributed by atoms with Crippen molar-refractivity contribution in [2.45, 2.75) is 17.9 Å². The van der Waals surface area contributed by atoms with Gasteiger partial charge in [0, 0.05) is 38.1 Å². The van der Waals surface area contributed by atoms with E-state index in [1.165, 1.54) is 6.26 Å². The zero-order valence-electron chi connectivity index (χ0n) is 17.2. The second-order valence-corrected chi connectivity index (χ2v) is 9.56. The van der Waals surface area contributed by atoms with Crippen LogP contribution in [0.25, 0.3) is 5.69 Å². The van der Waals surface area contributed by atoms with Crippen LogP contribution in [-0.4, -0.2) is 66.0 Å². The third kappa shape index (κ3) is 4.90. The molecule has 2 aromatic carbocycles. The van der Waals surface area contributed by atoms with Crippen molar-refractivity contribution in [2.24, 2.45) is 0 Å². The van der Waals surface area contributed by atoms with Gasteiger partial charge in [0.2, 0.25) is 0 Å². The Morgan fingerprint density at radius 3 is 2.35 bits per heavy atom. The number of hydrogen-bond acceptors (Lipinski definition) is 8. The summed E-state index contributed by atoms with van der Waals surface area (Å²) in [5, 5.41) is 21.1. The Balaban J connectivity index is 1.43. The van der Waals surface area contributed by atoms with Crippen molar-refractivity contribution in [1.29, 1.82) is 5.26 Å². The Morgan fingerprint density at radius 1 is 0.968 bits per heavy atom. The molecule has 3 aromatic rings. The molecule has 2 heterocycles. The molecule has 1 aromatic heterocycles. The van der Waals surface area contributed by atoms with E-state index in [-0.39, 0.29) is 4.90 Å². The number of rotatable bonds is 5. The highest BCUT2D eigenvalue weighted by Crippen LogP contribution is 2.19. The highest BCUT2D eigenvalue weighted by atomic mass is 32.2. The molecule has 1 aliphatic rings. The summed E-state index contributed by atoms with van der Waals surface area (Å²) in [6, 6.07) is 16.4. The Labute approximate surface area is 181 Å². The van der Waals surface area contributed by atoms with Gasteiger partial charge in [0.15, 0.2) is 15.7 Å². The lowest BCUT2D eigenvalue weighted by molar-refractivity contribution is 0.276. The van der Waals surface area contributed by atoms with Crippen molar-refractivity contribution in [3.8, 4) is 11.8 Å². The maximum Gasteiger partial charge on any atom is 0.175 e. The first-order valence-corrected chi connectivity index (χ1v) is 11.9. The summed E-state index contributed by atoms with van der Waals surface area (Å²) in [5.41, 5.74) is 2.51. The number of sulfone groups is 1. The van der Waals surface area contributed by atoms with Gasteiger partial charge in [-0.05, 0) is 65.4 Å². The van der Waals surface area contributed by atoms with E-state index in [1.54, 1.807) is 28.9 Å². The molecule has 0 radical (unpaired) electrons. The van der Waals surface area contributed by atoms with Gasteiger partial charge < -0.3 is 4.90 Å². The zero-order valence-corrected chi connectivity index (χ0v) is 18.0. The molecular formula is C21H23N7O2S. The fourth-order valence-corrected chi connectivity index (χ4v) is 4.30. The second-order valence-electron chi connectivity index (χ2n) is 7.55. The van der Waals surface area contributed by atoms with Gasteiger partial charge in [0.25, 0.3) is 0 Å². The Kier molecular flexibility index (Phi) is 5.97. The van der Waals surface area contributed by atoms with Gasteiger partial charge in [0.1, 0.15) is 0 Å². The SMILES string of the molecule is CS(=O)(=O)c1ccc(-n2nnnc2CN2CCCN(c3ccc(C#N)cc3)CC2)cc1. The van der Waals surface area contributed by atoms with Crippen LogP contribution in [0.15, 0.2) is 53.4 Å². The van der Waals surface area contributed by atoms with Crippen LogP contribution in [0.5, 0.6) is 0 Å². The standard InChI is InChI=1S/C21H23N7O2S/c1-31(29,30)20-9-7-19(8-10-20)28-21(23-24-25-28)16-26-11-2-12-27(14-13-26)18-5-3-17(15-22)4-6-18/h3-10H,2,11-14,16H2,1H3. The minimum absolute atomic E-state index is 0.265. The van der Waals surface area contributed by atoms with Crippen LogP contribution < -0.4 is 4.90 Å². The molecule has 0 atom stereocenters.